The molecule has 2 aliphatic heterocycles. The number of anilines is 2. The number of morpholine rings is 1. The van der Waals surface area contributed by atoms with Crippen LogP contribution in [0.15, 0.2) is 48.7 Å². The number of hydrogen-bond acceptors (Lipinski definition) is 6. The van der Waals surface area contributed by atoms with Gasteiger partial charge in [0.2, 0.25) is 0 Å². The van der Waals surface area contributed by atoms with Crippen molar-refractivity contribution < 1.29 is 9.53 Å². The van der Waals surface area contributed by atoms with Crippen molar-refractivity contribution in [3.05, 3.63) is 59.2 Å². The largest absolute Gasteiger partial charge is 0.378 e. The van der Waals surface area contributed by atoms with Crippen molar-refractivity contribution in [3.63, 3.8) is 0 Å². The Kier molecular flexibility index (Phi) is 5.61. The molecule has 160 valence electrons. The van der Waals surface area contributed by atoms with Gasteiger partial charge >= 0.3 is 0 Å². The Labute approximate surface area is 186 Å². The van der Waals surface area contributed by atoms with E-state index in [-0.39, 0.29) is 5.91 Å². The van der Waals surface area contributed by atoms with E-state index in [2.05, 4.69) is 14.8 Å². The first-order valence-electron chi connectivity index (χ1n) is 10.6. The lowest BCUT2D eigenvalue weighted by Crippen LogP contribution is -2.47. The molecule has 7 nitrogen and oxygen atoms in total. The van der Waals surface area contributed by atoms with Gasteiger partial charge in [0, 0.05) is 50.9 Å². The average molecular weight is 438 g/mol. The quantitative estimate of drug-likeness (QED) is 0.627. The molecule has 2 fully saturated rings. The number of ether oxygens (including phenoxy) is 1. The monoisotopic (exact) mass is 437 g/mol. The van der Waals surface area contributed by atoms with E-state index in [1.54, 1.807) is 6.20 Å². The van der Waals surface area contributed by atoms with Gasteiger partial charge in [-0.25, -0.2) is 9.97 Å². The van der Waals surface area contributed by atoms with Crippen molar-refractivity contribution in [1.29, 1.82) is 0 Å². The molecule has 4 heterocycles. The lowest BCUT2D eigenvalue weighted by molar-refractivity contribution is 0.0304. The van der Waals surface area contributed by atoms with Gasteiger partial charge in [-0.05, 0) is 24.3 Å². The first-order valence-corrected chi connectivity index (χ1v) is 10.9. The second kappa shape index (κ2) is 8.69. The van der Waals surface area contributed by atoms with Crippen LogP contribution in [0.5, 0.6) is 0 Å². The highest BCUT2D eigenvalue weighted by atomic mass is 35.5. The van der Waals surface area contributed by atoms with Crippen molar-refractivity contribution in [2.45, 2.75) is 0 Å². The SMILES string of the molecule is O=C(c1cc(N2CCN(c3ccc(Cl)cn3)CC2)nc2ccccc12)N1CCOCC1. The highest BCUT2D eigenvalue weighted by Crippen LogP contribution is 2.26. The number of halogens is 1. The molecule has 0 radical (unpaired) electrons. The summed E-state index contributed by atoms with van der Waals surface area (Å²) in [5.74, 6) is 1.82. The lowest BCUT2D eigenvalue weighted by Gasteiger charge is -2.36. The van der Waals surface area contributed by atoms with Crippen molar-refractivity contribution >= 4 is 40.0 Å². The summed E-state index contributed by atoms with van der Waals surface area (Å²) in [5.41, 5.74) is 1.56. The van der Waals surface area contributed by atoms with Gasteiger partial charge in [0.25, 0.3) is 5.91 Å². The predicted molar refractivity (Wildman–Crippen MR) is 122 cm³/mol. The number of benzene rings is 1. The summed E-state index contributed by atoms with van der Waals surface area (Å²) in [6.45, 7) is 5.69. The molecule has 0 bridgehead atoms. The molecule has 31 heavy (non-hydrogen) atoms. The maximum Gasteiger partial charge on any atom is 0.254 e. The molecule has 0 saturated carbocycles. The van der Waals surface area contributed by atoms with Crippen LogP contribution in [-0.2, 0) is 4.74 Å². The fraction of sp³-hybridized carbons (Fsp3) is 0.348. The first kappa shape index (κ1) is 20.0. The lowest BCUT2D eigenvalue weighted by atomic mass is 10.1. The molecule has 3 aromatic rings. The Morgan fingerprint density at radius 2 is 1.61 bits per heavy atom. The van der Waals surface area contributed by atoms with E-state index in [4.69, 9.17) is 21.3 Å². The maximum absolute atomic E-state index is 13.3. The number of rotatable bonds is 3. The van der Waals surface area contributed by atoms with Crippen molar-refractivity contribution in [3.8, 4) is 0 Å². The van der Waals surface area contributed by atoms with Crippen LogP contribution in [0.2, 0.25) is 5.02 Å². The topological polar surface area (TPSA) is 61.8 Å². The minimum absolute atomic E-state index is 0.0483. The van der Waals surface area contributed by atoms with E-state index in [1.165, 1.54) is 0 Å². The third-order valence-corrected chi connectivity index (χ3v) is 6.09. The third kappa shape index (κ3) is 4.16. The number of hydrogen-bond donors (Lipinski definition) is 0. The van der Waals surface area contributed by atoms with Crippen LogP contribution in [0.1, 0.15) is 10.4 Å². The van der Waals surface area contributed by atoms with Crippen molar-refractivity contribution in [2.24, 2.45) is 0 Å². The van der Waals surface area contributed by atoms with E-state index in [9.17, 15) is 4.79 Å². The van der Waals surface area contributed by atoms with Gasteiger partial charge in [0.1, 0.15) is 11.6 Å². The number of piperazine rings is 1. The molecule has 2 aliphatic rings. The van der Waals surface area contributed by atoms with Gasteiger partial charge in [-0.2, -0.15) is 0 Å². The molecule has 1 amide bonds. The summed E-state index contributed by atoms with van der Waals surface area (Å²) < 4.78 is 5.41. The Bertz CT molecular complexity index is 1080. The highest BCUT2D eigenvalue weighted by molar-refractivity contribution is 6.30. The van der Waals surface area contributed by atoms with E-state index in [0.717, 1.165) is 48.7 Å². The summed E-state index contributed by atoms with van der Waals surface area (Å²) in [7, 11) is 0. The molecular weight excluding hydrogens is 414 g/mol. The number of carbonyl (C=O) groups excluding carboxylic acids is 1. The van der Waals surface area contributed by atoms with Crippen molar-refractivity contribution in [1.82, 2.24) is 14.9 Å². The molecule has 0 N–H and O–H groups in total. The maximum atomic E-state index is 13.3. The van der Waals surface area contributed by atoms with Gasteiger partial charge in [-0.1, -0.05) is 29.8 Å². The molecule has 2 aromatic heterocycles. The zero-order valence-corrected chi connectivity index (χ0v) is 18.0. The van der Waals surface area contributed by atoms with Crippen LogP contribution in [0.4, 0.5) is 11.6 Å². The van der Waals surface area contributed by atoms with E-state index in [1.807, 2.05) is 47.4 Å². The van der Waals surface area contributed by atoms with Gasteiger partial charge in [-0.3, -0.25) is 4.79 Å². The zero-order chi connectivity index (χ0) is 21.2. The number of pyridine rings is 2. The zero-order valence-electron chi connectivity index (χ0n) is 17.2. The average Bonchev–Trinajstić information content (AvgIpc) is 2.84. The minimum atomic E-state index is 0.0483. The Morgan fingerprint density at radius 3 is 2.32 bits per heavy atom. The molecule has 0 unspecified atom stereocenters. The van der Waals surface area contributed by atoms with Crippen molar-refractivity contribution in [2.75, 3.05) is 62.3 Å². The Balaban J connectivity index is 1.40. The molecule has 0 aliphatic carbocycles. The highest BCUT2D eigenvalue weighted by Gasteiger charge is 2.24. The van der Waals surface area contributed by atoms with E-state index < -0.39 is 0 Å². The molecule has 0 atom stereocenters. The third-order valence-electron chi connectivity index (χ3n) is 5.87. The number of fused-ring (bicyclic) bond motifs is 1. The summed E-state index contributed by atoms with van der Waals surface area (Å²) in [5, 5.41) is 1.53. The van der Waals surface area contributed by atoms with E-state index >= 15 is 0 Å². The number of nitrogens with zero attached hydrogens (tertiary/aromatic N) is 5. The number of aromatic nitrogens is 2. The molecule has 2 saturated heterocycles. The summed E-state index contributed by atoms with van der Waals surface area (Å²) >= 11 is 5.96. The number of amides is 1. The van der Waals surface area contributed by atoms with Crippen LogP contribution < -0.4 is 9.80 Å². The number of carbonyl (C=O) groups is 1. The van der Waals surface area contributed by atoms with Gasteiger partial charge in [0.15, 0.2) is 0 Å². The second-order valence-corrected chi connectivity index (χ2v) is 8.19. The van der Waals surface area contributed by atoms with Crippen LogP contribution in [0.3, 0.4) is 0 Å². The predicted octanol–water partition coefficient (Wildman–Crippen LogP) is 3.08. The Morgan fingerprint density at radius 1 is 0.903 bits per heavy atom. The van der Waals surface area contributed by atoms with Crippen LogP contribution in [0, 0.1) is 0 Å². The standard InChI is InChI=1S/C23H24ClN5O2/c24-17-5-6-21(25-16-17)27-7-9-28(10-8-27)22-15-19(18-3-1-2-4-20(18)26-22)23(30)29-11-13-31-14-12-29/h1-6,15-16H,7-14H2. The summed E-state index contributed by atoms with van der Waals surface area (Å²) in [6, 6.07) is 13.6. The smallest absolute Gasteiger partial charge is 0.254 e. The fourth-order valence-corrected chi connectivity index (χ4v) is 4.27. The number of para-hydroxylation sites is 1. The van der Waals surface area contributed by atoms with E-state index in [0.29, 0.717) is 36.9 Å². The first-order chi connectivity index (χ1) is 15.2. The second-order valence-electron chi connectivity index (χ2n) is 7.76. The minimum Gasteiger partial charge on any atom is -0.378 e. The summed E-state index contributed by atoms with van der Waals surface area (Å²) in [6.07, 6.45) is 1.68. The van der Waals surface area contributed by atoms with Gasteiger partial charge < -0.3 is 19.4 Å². The summed E-state index contributed by atoms with van der Waals surface area (Å²) in [4.78, 5) is 29.0. The normalized spacial score (nSPS) is 17.3. The Hall–Kier alpha value is -2.90. The molecule has 1 aromatic carbocycles. The van der Waals surface area contributed by atoms with Crippen LogP contribution in [0.25, 0.3) is 10.9 Å². The molecule has 5 rings (SSSR count). The molecular formula is C23H24ClN5O2. The van der Waals surface area contributed by atoms with Crippen LogP contribution in [-0.4, -0.2) is 73.3 Å². The molecule has 8 heteroatoms. The fourth-order valence-electron chi connectivity index (χ4n) is 4.16. The van der Waals surface area contributed by atoms with Crippen LogP contribution >= 0.6 is 11.6 Å². The molecule has 0 spiro atoms. The van der Waals surface area contributed by atoms with Gasteiger partial charge in [-0.15, -0.1) is 0 Å². The van der Waals surface area contributed by atoms with Gasteiger partial charge in [0.05, 0.1) is 29.3 Å².